The molecule has 0 fully saturated rings. The summed E-state index contributed by atoms with van der Waals surface area (Å²) >= 11 is 0. The molecule has 4 nitrogen and oxygen atoms in total. The van der Waals surface area contributed by atoms with Gasteiger partial charge in [0.1, 0.15) is 6.10 Å². The summed E-state index contributed by atoms with van der Waals surface area (Å²) in [5.74, 6) is 1.000. The molecule has 0 aliphatic rings. The van der Waals surface area contributed by atoms with Crippen molar-refractivity contribution in [2.75, 3.05) is 7.11 Å². The smallest absolute Gasteiger partial charge is 0.157 e. The van der Waals surface area contributed by atoms with E-state index in [0.29, 0.717) is 17.3 Å². The highest BCUT2D eigenvalue weighted by molar-refractivity contribution is 5.05. The number of hydrogen-bond donors (Lipinski definition) is 1. The van der Waals surface area contributed by atoms with Gasteiger partial charge >= 0.3 is 0 Å². The largest absolute Gasteiger partial charge is 0.392 e. The number of methoxy groups -OCH3 is 1. The maximum Gasteiger partial charge on any atom is 0.157 e. The number of aliphatic hydroxyl groups excluding tert-OH is 1. The summed E-state index contributed by atoms with van der Waals surface area (Å²) in [6.45, 7) is 4.08. The van der Waals surface area contributed by atoms with Gasteiger partial charge in [0, 0.05) is 25.1 Å². The van der Waals surface area contributed by atoms with Crippen LogP contribution in [0.15, 0.2) is 12.4 Å². The molecule has 0 saturated heterocycles. The molecule has 4 heteroatoms. The summed E-state index contributed by atoms with van der Waals surface area (Å²) in [7, 11) is 1.65. The Hall–Kier alpha value is -1.00. The van der Waals surface area contributed by atoms with Gasteiger partial charge in [0.15, 0.2) is 5.82 Å². The number of ether oxygens (including phenoxy) is 1. The maximum atomic E-state index is 8.82. The zero-order valence-corrected chi connectivity index (χ0v) is 8.77. The Balaban J connectivity index is 2.84. The van der Waals surface area contributed by atoms with Gasteiger partial charge in [0.25, 0.3) is 0 Å². The lowest BCUT2D eigenvalue weighted by Crippen LogP contribution is -2.12. The van der Waals surface area contributed by atoms with E-state index in [-0.39, 0.29) is 12.7 Å². The van der Waals surface area contributed by atoms with Crippen molar-refractivity contribution in [1.29, 1.82) is 0 Å². The van der Waals surface area contributed by atoms with Crippen molar-refractivity contribution < 1.29 is 9.84 Å². The summed E-state index contributed by atoms with van der Waals surface area (Å²) in [5, 5.41) is 8.82. The lowest BCUT2D eigenvalue weighted by Gasteiger charge is -2.17. The molecule has 78 valence electrons. The van der Waals surface area contributed by atoms with E-state index in [4.69, 9.17) is 9.84 Å². The number of aromatic nitrogens is 2. The van der Waals surface area contributed by atoms with E-state index >= 15 is 0 Å². The fourth-order valence-electron chi connectivity index (χ4n) is 1.27. The molecule has 0 saturated carbocycles. The van der Waals surface area contributed by atoms with Gasteiger partial charge in [0.2, 0.25) is 0 Å². The van der Waals surface area contributed by atoms with Crippen LogP contribution in [0.4, 0.5) is 0 Å². The van der Waals surface area contributed by atoms with Gasteiger partial charge in [-0.15, -0.1) is 0 Å². The molecule has 1 aromatic rings. The Morgan fingerprint density at radius 2 is 1.93 bits per heavy atom. The van der Waals surface area contributed by atoms with E-state index < -0.39 is 0 Å². The van der Waals surface area contributed by atoms with Gasteiger partial charge < -0.3 is 9.84 Å². The fraction of sp³-hybridized carbons (Fsp3) is 0.600. The van der Waals surface area contributed by atoms with E-state index in [1.54, 1.807) is 19.5 Å². The van der Waals surface area contributed by atoms with Gasteiger partial charge in [-0.1, -0.05) is 13.8 Å². The minimum atomic E-state index is -0.0808. The molecular formula is C10H16N2O2. The first-order chi connectivity index (χ1) is 6.69. The van der Waals surface area contributed by atoms with E-state index in [2.05, 4.69) is 23.8 Å². The summed E-state index contributed by atoms with van der Waals surface area (Å²) in [6.07, 6.45) is 3.16. The molecule has 14 heavy (non-hydrogen) atoms. The molecule has 1 atom stereocenters. The van der Waals surface area contributed by atoms with Crippen molar-refractivity contribution in [1.82, 2.24) is 9.97 Å². The van der Waals surface area contributed by atoms with Crippen molar-refractivity contribution in [3.05, 3.63) is 23.8 Å². The van der Waals surface area contributed by atoms with Gasteiger partial charge in [-0.2, -0.15) is 0 Å². The quantitative estimate of drug-likeness (QED) is 0.789. The molecule has 0 bridgehead atoms. The first-order valence-corrected chi connectivity index (χ1v) is 4.63. The van der Waals surface area contributed by atoms with Crippen LogP contribution in [0.1, 0.15) is 31.3 Å². The Bertz CT molecular complexity index is 272. The van der Waals surface area contributed by atoms with Crippen LogP contribution in [-0.4, -0.2) is 22.2 Å². The molecule has 1 unspecified atom stereocenters. The molecular weight excluding hydrogens is 180 g/mol. The third kappa shape index (κ3) is 2.49. The highest BCUT2D eigenvalue weighted by Crippen LogP contribution is 2.21. The van der Waals surface area contributed by atoms with E-state index in [1.807, 2.05) is 0 Å². The van der Waals surface area contributed by atoms with Gasteiger partial charge in [0.05, 0.1) is 6.61 Å². The maximum absolute atomic E-state index is 8.82. The van der Waals surface area contributed by atoms with Gasteiger partial charge in [-0.3, -0.25) is 0 Å². The van der Waals surface area contributed by atoms with Crippen LogP contribution in [0, 0.1) is 5.92 Å². The third-order valence-corrected chi connectivity index (χ3v) is 2.02. The minimum absolute atomic E-state index is 0.0282. The molecule has 0 aliphatic carbocycles. The van der Waals surface area contributed by atoms with Crippen LogP contribution in [0.25, 0.3) is 0 Å². The average Bonchev–Trinajstić information content (AvgIpc) is 2.19. The average molecular weight is 196 g/mol. The summed E-state index contributed by atoms with van der Waals surface area (Å²) in [6, 6.07) is 0. The first kappa shape index (κ1) is 11.1. The molecule has 0 radical (unpaired) electrons. The van der Waals surface area contributed by atoms with Crippen LogP contribution in [0.5, 0.6) is 0 Å². The third-order valence-electron chi connectivity index (χ3n) is 2.02. The molecule has 0 aromatic carbocycles. The van der Waals surface area contributed by atoms with Crippen molar-refractivity contribution in [3.63, 3.8) is 0 Å². The zero-order chi connectivity index (χ0) is 10.6. The standard InChI is InChI=1S/C10H16N2O2/c1-7(2)9(14-3)10-11-4-8(6-13)5-12-10/h4-5,7,9,13H,6H2,1-3H3. The predicted octanol–water partition coefficient (Wildman–Crippen LogP) is 1.31. The molecule has 0 spiro atoms. The van der Waals surface area contributed by atoms with E-state index in [9.17, 15) is 0 Å². The molecule has 1 aromatic heterocycles. The number of nitrogens with zero attached hydrogens (tertiary/aromatic N) is 2. The Morgan fingerprint density at radius 1 is 1.36 bits per heavy atom. The van der Waals surface area contributed by atoms with Gasteiger partial charge in [-0.05, 0) is 5.92 Å². The van der Waals surface area contributed by atoms with Crippen molar-refractivity contribution in [3.8, 4) is 0 Å². The summed E-state index contributed by atoms with van der Waals surface area (Å²) < 4.78 is 5.28. The molecule has 0 aliphatic heterocycles. The second-order valence-electron chi connectivity index (χ2n) is 3.51. The molecule has 1 rings (SSSR count). The van der Waals surface area contributed by atoms with Crippen molar-refractivity contribution in [2.24, 2.45) is 5.92 Å². The highest BCUT2D eigenvalue weighted by atomic mass is 16.5. The summed E-state index contributed by atoms with van der Waals surface area (Å²) in [5.41, 5.74) is 0.715. The van der Waals surface area contributed by atoms with Gasteiger partial charge in [-0.25, -0.2) is 9.97 Å². The second-order valence-corrected chi connectivity index (χ2v) is 3.51. The van der Waals surface area contributed by atoms with Crippen LogP contribution in [0.3, 0.4) is 0 Å². The monoisotopic (exact) mass is 196 g/mol. The lowest BCUT2D eigenvalue weighted by atomic mass is 10.1. The lowest BCUT2D eigenvalue weighted by molar-refractivity contribution is 0.0573. The van der Waals surface area contributed by atoms with Crippen LogP contribution in [-0.2, 0) is 11.3 Å². The fourth-order valence-corrected chi connectivity index (χ4v) is 1.27. The highest BCUT2D eigenvalue weighted by Gasteiger charge is 2.17. The predicted molar refractivity (Wildman–Crippen MR) is 52.5 cm³/mol. The topological polar surface area (TPSA) is 55.2 Å². The van der Waals surface area contributed by atoms with Crippen molar-refractivity contribution >= 4 is 0 Å². The van der Waals surface area contributed by atoms with Crippen LogP contribution < -0.4 is 0 Å². The Labute approximate surface area is 84.0 Å². The SMILES string of the molecule is COC(c1ncc(CO)cn1)C(C)C. The number of hydrogen-bond acceptors (Lipinski definition) is 4. The molecule has 1 heterocycles. The second kappa shape index (κ2) is 5.02. The van der Waals surface area contributed by atoms with E-state index in [0.717, 1.165) is 0 Å². The summed E-state index contributed by atoms with van der Waals surface area (Å²) in [4.78, 5) is 8.29. The number of aliphatic hydroxyl groups is 1. The van der Waals surface area contributed by atoms with Crippen molar-refractivity contribution in [2.45, 2.75) is 26.6 Å². The molecule has 1 N–H and O–H groups in total. The first-order valence-electron chi connectivity index (χ1n) is 4.63. The number of rotatable bonds is 4. The van der Waals surface area contributed by atoms with E-state index in [1.165, 1.54) is 0 Å². The molecule has 0 amide bonds. The Morgan fingerprint density at radius 3 is 2.29 bits per heavy atom. The zero-order valence-electron chi connectivity index (χ0n) is 8.77. The Kier molecular flexibility index (Phi) is 3.98. The van der Waals surface area contributed by atoms with Crippen LogP contribution >= 0.6 is 0 Å². The minimum Gasteiger partial charge on any atom is -0.392 e. The normalized spacial score (nSPS) is 13.2. The van der Waals surface area contributed by atoms with Crippen LogP contribution in [0.2, 0.25) is 0 Å².